The average molecular weight is 354 g/mol. The van der Waals surface area contributed by atoms with Gasteiger partial charge in [-0.05, 0) is 79.4 Å². The Morgan fingerprint density at radius 1 is 1.19 bits per heavy atom. The molecule has 4 rings (SSSR count). The molecule has 0 spiro atoms. The standard InChI is InChI=1S/C23H30O3/c1-13-10-17-18(21(4)8-6-16(25)12-19(13)21)7-9-22(5)20(17)11-14(2)23(22,26)15(3)24/h12,17-18,20,26H,1-2,6-11H2,3-5H3/t17?,18?,20?,21-,22+,23-/m1/s1. The summed E-state index contributed by atoms with van der Waals surface area (Å²) < 4.78 is 0. The third kappa shape index (κ3) is 1.93. The zero-order valence-corrected chi connectivity index (χ0v) is 16.2. The number of hydrogen-bond acceptors (Lipinski definition) is 3. The minimum absolute atomic E-state index is 0.00645. The van der Waals surface area contributed by atoms with Crippen LogP contribution in [0.25, 0.3) is 0 Å². The van der Waals surface area contributed by atoms with Crippen molar-refractivity contribution in [2.45, 2.75) is 64.9 Å². The zero-order chi connectivity index (χ0) is 19.1. The molecule has 0 aromatic heterocycles. The molecule has 6 atom stereocenters. The van der Waals surface area contributed by atoms with Gasteiger partial charge in [-0.2, -0.15) is 0 Å². The first-order chi connectivity index (χ1) is 12.1. The van der Waals surface area contributed by atoms with Crippen LogP contribution in [0, 0.1) is 28.6 Å². The molecule has 0 amide bonds. The number of allylic oxidation sites excluding steroid dienone is 2. The Morgan fingerprint density at radius 3 is 2.54 bits per heavy atom. The maximum atomic E-state index is 12.4. The number of ketones is 2. The summed E-state index contributed by atoms with van der Waals surface area (Å²) in [5, 5.41) is 11.4. The second kappa shape index (κ2) is 5.28. The fourth-order valence-electron chi connectivity index (χ4n) is 7.18. The highest BCUT2D eigenvalue weighted by atomic mass is 16.3. The van der Waals surface area contributed by atoms with Crippen LogP contribution in [0.1, 0.15) is 59.3 Å². The zero-order valence-electron chi connectivity index (χ0n) is 16.2. The van der Waals surface area contributed by atoms with Gasteiger partial charge in [-0.25, -0.2) is 0 Å². The summed E-state index contributed by atoms with van der Waals surface area (Å²) in [5.41, 5.74) is 1.08. The fraction of sp³-hybridized carbons (Fsp3) is 0.652. The van der Waals surface area contributed by atoms with Crippen molar-refractivity contribution in [3.05, 3.63) is 36.0 Å². The Balaban J connectivity index is 1.78. The Labute approximate surface area is 156 Å². The van der Waals surface area contributed by atoms with Crippen molar-refractivity contribution >= 4 is 11.6 Å². The Bertz CT molecular complexity index is 774. The van der Waals surface area contributed by atoms with E-state index in [9.17, 15) is 14.7 Å². The minimum Gasteiger partial charge on any atom is -0.377 e. The quantitative estimate of drug-likeness (QED) is 0.719. The molecule has 0 aliphatic heterocycles. The molecule has 4 aliphatic rings. The highest BCUT2D eigenvalue weighted by Crippen LogP contribution is 2.69. The Kier molecular flexibility index (Phi) is 3.64. The van der Waals surface area contributed by atoms with Gasteiger partial charge in [0.2, 0.25) is 0 Å². The third-order valence-corrected chi connectivity index (χ3v) is 8.63. The lowest BCUT2D eigenvalue weighted by Crippen LogP contribution is -2.57. The maximum absolute atomic E-state index is 12.4. The summed E-state index contributed by atoms with van der Waals surface area (Å²) in [6.45, 7) is 14.3. The smallest absolute Gasteiger partial charge is 0.166 e. The first kappa shape index (κ1) is 17.9. The van der Waals surface area contributed by atoms with Crippen LogP contribution in [0.5, 0.6) is 0 Å². The first-order valence-electron chi connectivity index (χ1n) is 9.90. The molecule has 3 unspecified atom stereocenters. The van der Waals surface area contributed by atoms with E-state index in [2.05, 4.69) is 27.0 Å². The lowest BCUT2D eigenvalue weighted by molar-refractivity contribution is -0.153. The van der Waals surface area contributed by atoms with Crippen LogP contribution in [0.15, 0.2) is 36.0 Å². The van der Waals surface area contributed by atoms with Gasteiger partial charge in [0.25, 0.3) is 0 Å². The summed E-state index contributed by atoms with van der Waals surface area (Å²) in [5.74, 6) is 1.17. The molecule has 0 bridgehead atoms. The second-order valence-corrected chi connectivity index (χ2v) is 9.66. The van der Waals surface area contributed by atoms with Crippen molar-refractivity contribution in [1.82, 2.24) is 0 Å². The molecule has 0 aromatic carbocycles. The van der Waals surface area contributed by atoms with E-state index >= 15 is 0 Å². The van der Waals surface area contributed by atoms with Crippen molar-refractivity contribution < 1.29 is 14.7 Å². The molecule has 3 heteroatoms. The Morgan fingerprint density at radius 2 is 1.88 bits per heavy atom. The molecule has 3 nitrogen and oxygen atoms in total. The van der Waals surface area contributed by atoms with Crippen LogP contribution in [0.2, 0.25) is 0 Å². The van der Waals surface area contributed by atoms with Gasteiger partial charge in [0.1, 0.15) is 5.60 Å². The van der Waals surface area contributed by atoms with E-state index in [0.29, 0.717) is 23.8 Å². The predicted octanol–water partition coefficient (Wildman–Crippen LogP) is 4.17. The maximum Gasteiger partial charge on any atom is 0.166 e. The summed E-state index contributed by atoms with van der Waals surface area (Å²) in [6.07, 6.45) is 6.74. The molecule has 0 aromatic rings. The Hall–Kier alpha value is -1.48. The molecular formula is C23H30O3. The number of aliphatic hydroxyl groups is 1. The van der Waals surface area contributed by atoms with Gasteiger partial charge in [0.05, 0.1) is 0 Å². The van der Waals surface area contributed by atoms with E-state index in [4.69, 9.17) is 0 Å². The van der Waals surface area contributed by atoms with Crippen molar-refractivity contribution in [1.29, 1.82) is 0 Å². The monoisotopic (exact) mass is 354 g/mol. The van der Waals surface area contributed by atoms with Crippen LogP contribution in [0.4, 0.5) is 0 Å². The van der Waals surface area contributed by atoms with E-state index in [0.717, 1.165) is 43.3 Å². The van der Waals surface area contributed by atoms with E-state index in [-0.39, 0.29) is 22.9 Å². The molecule has 3 fully saturated rings. The number of hydrogen-bond donors (Lipinski definition) is 1. The summed E-state index contributed by atoms with van der Waals surface area (Å²) in [7, 11) is 0. The molecule has 0 heterocycles. The molecular weight excluding hydrogens is 324 g/mol. The summed E-state index contributed by atoms with van der Waals surface area (Å²) in [4.78, 5) is 24.4. The van der Waals surface area contributed by atoms with Gasteiger partial charge in [0, 0.05) is 11.8 Å². The lowest BCUT2D eigenvalue weighted by Gasteiger charge is -2.59. The second-order valence-electron chi connectivity index (χ2n) is 9.66. The van der Waals surface area contributed by atoms with Gasteiger partial charge >= 0.3 is 0 Å². The normalized spacial score (nSPS) is 47.8. The summed E-state index contributed by atoms with van der Waals surface area (Å²) >= 11 is 0. The van der Waals surface area contributed by atoms with E-state index in [1.165, 1.54) is 6.92 Å². The first-order valence-corrected chi connectivity index (χ1v) is 9.90. The van der Waals surface area contributed by atoms with Crippen molar-refractivity contribution in [2.24, 2.45) is 28.6 Å². The molecule has 140 valence electrons. The van der Waals surface area contributed by atoms with Gasteiger partial charge in [0.15, 0.2) is 11.6 Å². The lowest BCUT2D eigenvalue weighted by atomic mass is 9.45. The van der Waals surface area contributed by atoms with Crippen LogP contribution in [-0.2, 0) is 9.59 Å². The van der Waals surface area contributed by atoms with Crippen LogP contribution < -0.4 is 0 Å². The van der Waals surface area contributed by atoms with Gasteiger partial charge in [-0.3, -0.25) is 9.59 Å². The highest BCUT2D eigenvalue weighted by molar-refractivity contribution is 5.92. The van der Waals surface area contributed by atoms with Crippen molar-refractivity contribution in [2.75, 3.05) is 0 Å². The van der Waals surface area contributed by atoms with Crippen LogP contribution >= 0.6 is 0 Å². The molecule has 1 N–H and O–H groups in total. The average Bonchev–Trinajstić information content (AvgIpc) is 2.78. The summed E-state index contributed by atoms with van der Waals surface area (Å²) in [6, 6.07) is 0. The van der Waals surface area contributed by atoms with Gasteiger partial charge in [-0.15, -0.1) is 0 Å². The topological polar surface area (TPSA) is 54.4 Å². The van der Waals surface area contributed by atoms with Crippen LogP contribution in [-0.4, -0.2) is 22.3 Å². The molecule has 0 radical (unpaired) electrons. The largest absolute Gasteiger partial charge is 0.377 e. The fourth-order valence-corrected chi connectivity index (χ4v) is 7.18. The van der Waals surface area contributed by atoms with E-state index in [1.807, 2.05) is 6.08 Å². The number of carbonyl (C=O) groups is 2. The van der Waals surface area contributed by atoms with Crippen molar-refractivity contribution in [3.8, 4) is 0 Å². The van der Waals surface area contributed by atoms with Crippen molar-refractivity contribution in [3.63, 3.8) is 0 Å². The molecule has 4 aliphatic carbocycles. The molecule has 0 saturated heterocycles. The van der Waals surface area contributed by atoms with Crippen LogP contribution in [0.3, 0.4) is 0 Å². The predicted molar refractivity (Wildman–Crippen MR) is 101 cm³/mol. The SMILES string of the molecule is C=C1CC2C(CC[C@@]3(C)C2CC(=C)[C@@]3(O)C(C)=O)[C@@]2(C)CCC(=O)C=C12. The van der Waals surface area contributed by atoms with Gasteiger partial charge in [-0.1, -0.05) is 32.6 Å². The minimum atomic E-state index is -1.40. The highest BCUT2D eigenvalue weighted by Gasteiger charge is 2.67. The van der Waals surface area contributed by atoms with E-state index in [1.54, 1.807) is 0 Å². The van der Waals surface area contributed by atoms with E-state index < -0.39 is 11.0 Å². The molecule has 26 heavy (non-hydrogen) atoms. The number of carbonyl (C=O) groups excluding carboxylic acids is 2. The van der Waals surface area contributed by atoms with Gasteiger partial charge < -0.3 is 5.11 Å². The number of fused-ring (bicyclic) bond motifs is 5. The third-order valence-electron chi connectivity index (χ3n) is 8.63. The number of Topliss-reactive ketones (excluding diaryl/α,β-unsaturated/α-hetero) is 1. The molecule has 3 saturated carbocycles. The number of rotatable bonds is 1.